The Morgan fingerprint density at radius 1 is 1.21 bits per heavy atom. The van der Waals surface area contributed by atoms with Crippen molar-refractivity contribution in [2.45, 2.75) is 13.0 Å². The van der Waals surface area contributed by atoms with Gasteiger partial charge >= 0.3 is 6.03 Å². The Morgan fingerprint density at radius 2 is 2.08 bits per heavy atom. The van der Waals surface area contributed by atoms with Crippen LogP contribution in [-0.4, -0.2) is 22.1 Å². The number of aromatic nitrogens is 2. The van der Waals surface area contributed by atoms with Gasteiger partial charge in [-0.05, 0) is 30.2 Å². The molecule has 2 N–H and O–H groups in total. The van der Waals surface area contributed by atoms with Crippen LogP contribution >= 0.6 is 0 Å². The molecule has 1 unspecified atom stereocenters. The van der Waals surface area contributed by atoms with Crippen LogP contribution in [0.2, 0.25) is 0 Å². The topological polar surface area (TPSA) is 59.0 Å². The van der Waals surface area contributed by atoms with Crippen molar-refractivity contribution >= 4 is 11.7 Å². The maximum absolute atomic E-state index is 12.2. The smallest absolute Gasteiger partial charge is 0.319 e. The molecule has 0 spiro atoms. The molecule has 4 rings (SSSR count). The molecule has 0 aliphatic carbocycles. The van der Waals surface area contributed by atoms with Crippen LogP contribution in [0, 0.1) is 6.92 Å². The van der Waals surface area contributed by atoms with E-state index in [1.807, 2.05) is 55.8 Å². The minimum atomic E-state index is -0.202. The van der Waals surface area contributed by atoms with E-state index in [1.54, 1.807) is 0 Å². The average Bonchev–Trinajstić information content (AvgIpc) is 3.14. The first kappa shape index (κ1) is 14.5. The molecule has 1 atom stereocenters. The standard InChI is InChI=1S/C19H18N4O/c1-13-5-4-6-14(9-13)22-19(24)21-11-18-16-8-3-2-7-15(16)17-10-20-12-23(17)18/h2-10,12,18H,11H2,1H3,(H2,21,22,24). The Morgan fingerprint density at radius 3 is 2.96 bits per heavy atom. The predicted octanol–water partition coefficient (Wildman–Crippen LogP) is 3.58. The van der Waals surface area contributed by atoms with Gasteiger partial charge in [0, 0.05) is 17.8 Å². The summed E-state index contributed by atoms with van der Waals surface area (Å²) in [6, 6.07) is 15.9. The van der Waals surface area contributed by atoms with Gasteiger partial charge in [-0.3, -0.25) is 0 Å². The van der Waals surface area contributed by atoms with E-state index < -0.39 is 0 Å². The third-order valence-electron chi connectivity index (χ3n) is 4.33. The van der Waals surface area contributed by atoms with Gasteiger partial charge in [0.2, 0.25) is 0 Å². The Labute approximate surface area is 140 Å². The molecule has 3 aromatic rings. The van der Waals surface area contributed by atoms with E-state index in [9.17, 15) is 4.79 Å². The summed E-state index contributed by atoms with van der Waals surface area (Å²) in [5.41, 5.74) is 5.39. The van der Waals surface area contributed by atoms with Crippen LogP contribution in [0.15, 0.2) is 61.1 Å². The van der Waals surface area contributed by atoms with Crippen molar-refractivity contribution in [2.75, 3.05) is 11.9 Å². The summed E-state index contributed by atoms with van der Waals surface area (Å²) in [5, 5.41) is 5.84. The van der Waals surface area contributed by atoms with Gasteiger partial charge in [0.05, 0.1) is 24.3 Å². The van der Waals surface area contributed by atoms with Gasteiger partial charge in [-0.25, -0.2) is 9.78 Å². The number of urea groups is 1. The number of rotatable bonds is 3. The minimum absolute atomic E-state index is 0.0713. The Hall–Kier alpha value is -3.08. The molecule has 2 amide bonds. The molecular formula is C19H18N4O. The van der Waals surface area contributed by atoms with E-state index in [0.717, 1.165) is 16.9 Å². The molecule has 2 heterocycles. The number of benzene rings is 2. The van der Waals surface area contributed by atoms with Crippen molar-refractivity contribution in [3.8, 4) is 11.3 Å². The van der Waals surface area contributed by atoms with Crippen molar-refractivity contribution in [3.63, 3.8) is 0 Å². The molecule has 24 heavy (non-hydrogen) atoms. The minimum Gasteiger partial charge on any atom is -0.335 e. The molecule has 2 aromatic carbocycles. The van der Waals surface area contributed by atoms with Crippen LogP contribution in [0.1, 0.15) is 17.2 Å². The third-order valence-corrected chi connectivity index (χ3v) is 4.33. The average molecular weight is 318 g/mol. The zero-order valence-electron chi connectivity index (χ0n) is 13.4. The largest absolute Gasteiger partial charge is 0.335 e. The van der Waals surface area contributed by atoms with E-state index in [4.69, 9.17) is 0 Å². The predicted molar refractivity (Wildman–Crippen MR) is 94.0 cm³/mol. The van der Waals surface area contributed by atoms with Gasteiger partial charge in [0.1, 0.15) is 0 Å². The number of nitrogens with one attached hydrogen (secondary N) is 2. The highest BCUT2D eigenvalue weighted by Gasteiger charge is 2.28. The second kappa shape index (κ2) is 5.85. The fraction of sp³-hybridized carbons (Fsp3) is 0.158. The van der Waals surface area contributed by atoms with Crippen LogP contribution in [0.25, 0.3) is 11.3 Å². The third kappa shape index (κ3) is 2.54. The van der Waals surface area contributed by atoms with Gasteiger partial charge in [0.25, 0.3) is 0 Å². The first-order valence-corrected chi connectivity index (χ1v) is 7.95. The molecule has 0 fully saturated rings. The number of hydrogen-bond donors (Lipinski definition) is 2. The number of fused-ring (bicyclic) bond motifs is 3. The van der Waals surface area contributed by atoms with Crippen LogP contribution in [0.4, 0.5) is 10.5 Å². The van der Waals surface area contributed by atoms with E-state index in [0.29, 0.717) is 6.54 Å². The number of aryl methyl sites for hydroxylation is 1. The van der Waals surface area contributed by atoms with Crippen molar-refractivity contribution in [2.24, 2.45) is 0 Å². The van der Waals surface area contributed by atoms with Crippen molar-refractivity contribution in [1.82, 2.24) is 14.9 Å². The maximum atomic E-state index is 12.2. The van der Waals surface area contributed by atoms with Gasteiger partial charge in [0.15, 0.2) is 0 Å². The van der Waals surface area contributed by atoms with E-state index in [1.165, 1.54) is 11.1 Å². The zero-order chi connectivity index (χ0) is 16.5. The number of imidazole rings is 1. The lowest BCUT2D eigenvalue weighted by atomic mass is 10.0. The van der Waals surface area contributed by atoms with Crippen molar-refractivity contribution in [1.29, 1.82) is 0 Å². The Balaban J connectivity index is 1.47. The summed E-state index contributed by atoms with van der Waals surface area (Å²) >= 11 is 0. The molecule has 1 aromatic heterocycles. The highest BCUT2D eigenvalue weighted by Crippen LogP contribution is 2.38. The summed E-state index contributed by atoms with van der Waals surface area (Å²) < 4.78 is 2.11. The quantitative estimate of drug-likeness (QED) is 0.775. The maximum Gasteiger partial charge on any atom is 0.319 e. The number of carbonyl (C=O) groups excluding carboxylic acids is 1. The molecule has 5 nitrogen and oxygen atoms in total. The van der Waals surface area contributed by atoms with Gasteiger partial charge < -0.3 is 15.2 Å². The molecule has 5 heteroatoms. The van der Waals surface area contributed by atoms with Crippen LogP contribution in [-0.2, 0) is 0 Å². The molecular weight excluding hydrogens is 300 g/mol. The summed E-state index contributed by atoms with van der Waals surface area (Å²) in [5.74, 6) is 0. The molecule has 1 aliphatic rings. The summed E-state index contributed by atoms with van der Waals surface area (Å²) in [6.07, 6.45) is 3.69. The SMILES string of the molecule is Cc1cccc(NC(=O)NCC2c3ccccc3-c3cncn32)c1. The molecule has 1 aliphatic heterocycles. The first-order chi connectivity index (χ1) is 11.7. The number of nitrogens with zero attached hydrogens (tertiary/aromatic N) is 2. The number of carbonyl (C=O) groups is 1. The molecule has 0 saturated heterocycles. The monoisotopic (exact) mass is 318 g/mol. The second-order valence-corrected chi connectivity index (χ2v) is 5.99. The zero-order valence-corrected chi connectivity index (χ0v) is 13.4. The normalized spacial score (nSPS) is 14.8. The highest BCUT2D eigenvalue weighted by molar-refractivity contribution is 5.89. The number of hydrogen-bond acceptors (Lipinski definition) is 2. The van der Waals surface area contributed by atoms with Crippen LogP contribution in [0.3, 0.4) is 0 Å². The Kier molecular flexibility index (Phi) is 3.54. The lowest BCUT2D eigenvalue weighted by Crippen LogP contribution is -2.33. The fourth-order valence-electron chi connectivity index (χ4n) is 3.23. The lowest BCUT2D eigenvalue weighted by Gasteiger charge is -2.16. The highest BCUT2D eigenvalue weighted by atomic mass is 16.2. The molecule has 0 saturated carbocycles. The van der Waals surface area contributed by atoms with Crippen LogP contribution in [0.5, 0.6) is 0 Å². The summed E-state index contributed by atoms with van der Waals surface area (Å²) in [6.45, 7) is 2.51. The van der Waals surface area contributed by atoms with E-state index >= 15 is 0 Å². The summed E-state index contributed by atoms with van der Waals surface area (Å²) in [7, 11) is 0. The van der Waals surface area contributed by atoms with Crippen molar-refractivity contribution < 1.29 is 4.79 Å². The second-order valence-electron chi connectivity index (χ2n) is 5.99. The van der Waals surface area contributed by atoms with Crippen molar-refractivity contribution in [3.05, 3.63) is 72.2 Å². The molecule has 0 radical (unpaired) electrons. The lowest BCUT2D eigenvalue weighted by molar-refractivity contribution is 0.251. The number of amides is 2. The fourth-order valence-corrected chi connectivity index (χ4v) is 3.23. The van der Waals surface area contributed by atoms with Gasteiger partial charge in [-0.15, -0.1) is 0 Å². The van der Waals surface area contributed by atoms with E-state index in [-0.39, 0.29) is 12.1 Å². The van der Waals surface area contributed by atoms with Gasteiger partial charge in [-0.2, -0.15) is 0 Å². The Bertz CT molecular complexity index is 900. The number of anilines is 1. The molecule has 0 bridgehead atoms. The molecule has 120 valence electrons. The summed E-state index contributed by atoms with van der Waals surface area (Å²) in [4.78, 5) is 16.4. The van der Waals surface area contributed by atoms with E-state index in [2.05, 4.69) is 32.3 Å². The van der Waals surface area contributed by atoms with Gasteiger partial charge in [-0.1, -0.05) is 36.4 Å². The van der Waals surface area contributed by atoms with Crippen LogP contribution < -0.4 is 10.6 Å². The first-order valence-electron chi connectivity index (χ1n) is 7.95.